The van der Waals surface area contributed by atoms with Gasteiger partial charge < -0.3 is 5.32 Å². The van der Waals surface area contributed by atoms with Gasteiger partial charge in [0.2, 0.25) is 0 Å². The first-order valence-corrected chi connectivity index (χ1v) is 5.97. The molecule has 0 amide bonds. The molecule has 0 aliphatic rings. The Balaban J connectivity index is 2.29. The zero-order valence-corrected chi connectivity index (χ0v) is 10.8. The second kappa shape index (κ2) is 6.48. The average molecular weight is 221 g/mol. The average Bonchev–Trinajstić information content (AvgIpc) is 2.63. The van der Waals surface area contributed by atoms with E-state index in [1.54, 1.807) is 0 Å². The normalized spacial score (nSPS) is 12.4. The Morgan fingerprint density at radius 3 is 2.88 bits per heavy atom. The van der Waals surface area contributed by atoms with E-state index >= 15 is 0 Å². The van der Waals surface area contributed by atoms with Crippen molar-refractivity contribution in [1.82, 2.24) is 15.1 Å². The van der Waals surface area contributed by atoms with E-state index in [1.807, 2.05) is 24.0 Å². The molecule has 0 bridgehead atoms. The smallest absolute Gasteiger partial charge is 0.0876 e. The molecule has 0 spiro atoms. The maximum absolute atomic E-state index is 4.37. The summed E-state index contributed by atoms with van der Waals surface area (Å²) in [6.07, 6.45) is 5.29. The van der Waals surface area contributed by atoms with Crippen molar-refractivity contribution in [2.45, 2.75) is 27.2 Å². The van der Waals surface area contributed by atoms with Crippen LogP contribution in [0.15, 0.2) is 18.3 Å². The molecule has 0 aliphatic carbocycles. The summed E-state index contributed by atoms with van der Waals surface area (Å²) in [6, 6.07) is 2.05. The van der Waals surface area contributed by atoms with Crippen LogP contribution in [0.5, 0.6) is 0 Å². The number of nitrogens with zero attached hydrogens (tertiary/aromatic N) is 2. The van der Waals surface area contributed by atoms with Gasteiger partial charge in [-0.2, -0.15) is 5.10 Å². The molecule has 1 heterocycles. The van der Waals surface area contributed by atoms with Crippen molar-refractivity contribution in [3.8, 4) is 0 Å². The van der Waals surface area contributed by atoms with Gasteiger partial charge in [0.15, 0.2) is 0 Å². The second-order valence-electron chi connectivity index (χ2n) is 4.65. The van der Waals surface area contributed by atoms with Gasteiger partial charge in [-0.05, 0) is 44.0 Å². The minimum absolute atomic E-state index is 0.723. The monoisotopic (exact) mass is 221 g/mol. The molecule has 0 unspecified atom stereocenters. The van der Waals surface area contributed by atoms with Crippen LogP contribution in [0.3, 0.4) is 0 Å². The van der Waals surface area contributed by atoms with E-state index in [9.17, 15) is 0 Å². The summed E-state index contributed by atoms with van der Waals surface area (Å²) in [6.45, 7) is 8.70. The van der Waals surface area contributed by atoms with E-state index in [0.717, 1.165) is 31.1 Å². The first kappa shape index (κ1) is 13.0. The van der Waals surface area contributed by atoms with Gasteiger partial charge in [0.1, 0.15) is 0 Å². The van der Waals surface area contributed by atoms with Crippen molar-refractivity contribution < 1.29 is 0 Å². The van der Waals surface area contributed by atoms with Gasteiger partial charge in [0, 0.05) is 13.2 Å². The van der Waals surface area contributed by atoms with Crippen molar-refractivity contribution in [2.24, 2.45) is 13.0 Å². The Morgan fingerprint density at radius 1 is 1.56 bits per heavy atom. The Kier molecular flexibility index (Phi) is 5.26. The van der Waals surface area contributed by atoms with E-state index in [2.05, 4.69) is 37.3 Å². The number of hydrogen-bond acceptors (Lipinski definition) is 2. The Bertz CT molecular complexity index is 337. The van der Waals surface area contributed by atoms with Crippen LogP contribution in [0.4, 0.5) is 0 Å². The SMILES string of the molecule is C/C(=C/CCNCC(C)C)c1ccn(C)n1. The van der Waals surface area contributed by atoms with E-state index in [0.29, 0.717) is 0 Å². The molecule has 1 aromatic rings. The van der Waals surface area contributed by atoms with Crippen molar-refractivity contribution in [1.29, 1.82) is 0 Å². The fourth-order valence-electron chi connectivity index (χ4n) is 1.51. The highest BCUT2D eigenvalue weighted by Crippen LogP contribution is 2.10. The highest BCUT2D eigenvalue weighted by atomic mass is 15.2. The van der Waals surface area contributed by atoms with Crippen LogP contribution in [-0.4, -0.2) is 22.9 Å². The summed E-state index contributed by atoms with van der Waals surface area (Å²) < 4.78 is 1.84. The van der Waals surface area contributed by atoms with E-state index in [4.69, 9.17) is 0 Å². The number of allylic oxidation sites excluding steroid dienone is 1. The van der Waals surface area contributed by atoms with E-state index in [-0.39, 0.29) is 0 Å². The lowest BCUT2D eigenvalue weighted by molar-refractivity contribution is 0.557. The molecule has 0 atom stereocenters. The molecule has 90 valence electrons. The maximum Gasteiger partial charge on any atom is 0.0876 e. The van der Waals surface area contributed by atoms with Gasteiger partial charge in [-0.1, -0.05) is 19.9 Å². The Hall–Kier alpha value is -1.09. The fraction of sp³-hybridized carbons (Fsp3) is 0.615. The van der Waals surface area contributed by atoms with Gasteiger partial charge in [0.25, 0.3) is 0 Å². The lowest BCUT2D eigenvalue weighted by atomic mass is 10.2. The molecule has 16 heavy (non-hydrogen) atoms. The highest BCUT2D eigenvalue weighted by Gasteiger charge is 1.98. The largest absolute Gasteiger partial charge is 0.316 e. The van der Waals surface area contributed by atoms with Crippen molar-refractivity contribution >= 4 is 5.57 Å². The van der Waals surface area contributed by atoms with E-state index < -0.39 is 0 Å². The van der Waals surface area contributed by atoms with Crippen LogP contribution >= 0.6 is 0 Å². The summed E-state index contributed by atoms with van der Waals surface area (Å²) in [5.74, 6) is 0.723. The maximum atomic E-state index is 4.37. The number of aryl methyl sites for hydroxylation is 1. The van der Waals surface area contributed by atoms with Crippen LogP contribution in [0.25, 0.3) is 5.57 Å². The summed E-state index contributed by atoms with van der Waals surface area (Å²) in [5.41, 5.74) is 2.33. The zero-order chi connectivity index (χ0) is 12.0. The minimum atomic E-state index is 0.723. The molecule has 3 heteroatoms. The number of rotatable bonds is 6. The van der Waals surface area contributed by atoms with Crippen molar-refractivity contribution in [2.75, 3.05) is 13.1 Å². The van der Waals surface area contributed by atoms with Crippen LogP contribution in [0, 0.1) is 5.92 Å². The van der Waals surface area contributed by atoms with Crippen LogP contribution in [0.1, 0.15) is 32.9 Å². The molecule has 1 aromatic heterocycles. The molecular formula is C13H23N3. The summed E-state index contributed by atoms with van der Waals surface area (Å²) in [4.78, 5) is 0. The predicted molar refractivity (Wildman–Crippen MR) is 69.2 cm³/mol. The van der Waals surface area contributed by atoms with Gasteiger partial charge in [-0.15, -0.1) is 0 Å². The third-order valence-corrected chi connectivity index (χ3v) is 2.44. The first-order valence-electron chi connectivity index (χ1n) is 5.97. The summed E-state index contributed by atoms with van der Waals surface area (Å²) in [7, 11) is 1.95. The summed E-state index contributed by atoms with van der Waals surface area (Å²) in [5, 5.41) is 7.79. The highest BCUT2D eigenvalue weighted by molar-refractivity contribution is 5.59. The zero-order valence-electron chi connectivity index (χ0n) is 10.8. The topological polar surface area (TPSA) is 29.9 Å². The lowest BCUT2D eigenvalue weighted by Crippen LogP contribution is -2.20. The molecule has 0 fully saturated rings. The summed E-state index contributed by atoms with van der Waals surface area (Å²) >= 11 is 0. The molecule has 0 aliphatic heterocycles. The quantitative estimate of drug-likeness (QED) is 0.748. The van der Waals surface area contributed by atoms with Crippen LogP contribution < -0.4 is 5.32 Å². The molecule has 0 aromatic carbocycles. The fourth-order valence-corrected chi connectivity index (χ4v) is 1.51. The molecule has 0 saturated carbocycles. The Labute approximate surface area is 98.5 Å². The first-order chi connectivity index (χ1) is 7.59. The predicted octanol–water partition coefficient (Wildman–Crippen LogP) is 2.46. The molecule has 1 rings (SSSR count). The standard InChI is InChI=1S/C13H23N3/c1-11(2)10-14-8-5-6-12(3)13-7-9-16(4)15-13/h6-7,9,11,14H,5,8,10H2,1-4H3/b12-6-. The van der Waals surface area contributed by atoms with Crippen LogP contribution in [-0.2, 0) is 7.05 Å². The number of hydrogen-bond donors (Lipinski definition) is 1. The number of aromatic nitrogens is 2. The van der Waals surface area contributed by atoms with Gasteiger partial charge in [0.05, 0.1) is 5.69 Å². The van der Waals surface area contributed by atoms with Crippen molar-refractivity contribution in [3.05, 3.63) is 24.0 Å². The Morgan fingerprint density at radius 2 is 2.31 bits per heavy atom. The van der Waals surface area contributed by atoms with Crippen molar-refractivity contribution in [3.63, 3.8) is 0 Å². The molecular weight excluding hydrogens is 198 g/mol. The lowest BCUT2D eigenvalue weighted by Gasteiger charge is -2.05. The molecule has 3 nitrogen and oxygen atoms in total. The molecule has 1 N–H and O–H groups in total. The second-order valence-corrected chi connectivity index (χ2v) is 4.65. The minimum Gasteiger partial charge on any atom is -0.316 e. The van der Waals surface area contributed by atoms with Gasteiger partial charge in [-0.25, -0.2) is 0 Å². The van der Waals surface area contributed by atoms with Gasteiger partial charge >= 0.3 is 0 Å². The molecule has 0 radical (unpaired) electrons. The van der Waals surface area contributed by atoms with Gasteiger partial charge in [-0.3, -0.25) is 4.68 Å². The third kappa shape index (κ3) is 4.62. The molecule has 0 saturated heterocycles. The third-order valence-electron chi connectivity index (χ3n) is 2.44. The van der Waals surface area contributed by atoms with Crippen LogP contribution in [0.2, 0.25) is 0 Å². The van der Waals surface area contributed by atoms with E-state index in [1.165, 1.54) is 5.57 Å². The number of nitrogens with one attached hydrogen (secondary N) is 1.